The summed E-state index contributed by atoms with van der Waals surface area (Å²) in [6.07, 6.45) is 2.95. The molecule has 0 rings (SSSR count). The van der Waals surface area contributed by atoms with Crippen molar-refractivity contribution < 1.29 is 13.9 Å². The Labute approximate surface area is 84.1 Å². The maximum absolute atomic E-state index is 13.8. The van der Waals surface area contributed by atoms with Gasteiger partial charge in [0.25, 0.3) is 0 Å². The van der Waals surface area contributed by atoms with Crippen LogP contribution in [0.5, 0.6) is 0 Å². The van der Waals surface area contributed by atoms with Crippen LogP contribution in [-0.2, 0) is 9.53 Å². The molecule has 2 N–H and O–H groups in total. The molecular formula is C10H18FNO2. The number of esters is 1. The van der Waals surface area contributed by atoms with E-state index in [1.807, 2.05) is 6.92 Å². The number of carbonyl (C=O) groups is 1. The van der Waals surface area contributed by atoms with Crippen molar-refractivity contribution in [1.82, 2.24) is 0 Å². The Morgan fingerprint density at radius 1 is 1.64 bits per heavy atom. The second-order valence-corrected chi connectivity index (χ2v) is 3.42. The average molecular weight is 203 g/mol. The van der Waals surface area contributed by atoms with Crippen LogP contribution in [0.15, 0.2) is 11.8 Å². The van der Waals surface area contributed by atoms with Gasteiger partial charge in [0.15, 0.2) is 0 Å². The number of allylic oxidation sites excluding steroid dienone is 1. The lowest BCUT2D eigenvalue weighted by Crippen LogP contribution is -2.27. The first kappa shape index (κ1) is 12.9. The summed E-state index contributed by atoms with van der Waals surface area (Å²) in [5.74, 6) is -0.622. The molecule has 0 aliphatic carbocycles. The largest absolute Gasteiger partial charge is 0.466 e. The van der Waals surface area contributed by atoms with E-state index < -0.39 is 11.6 Å². The molecule has 1 unspecified atom stereocenters. The van der Waals surface area contributed by atoms with E-state index in [4.69, 9.17) is 5.73 Å². The number of ether oxygens (including phenoxy) is 1. The lowest BCUT2D eigenvalue weighted by Gasteiger charge is -2.20. The molecule has 0 aromatic heterocycles. The number of hydrogen-bond donors (Lipinski definition) is 1. The van der Waals surface area contributed by atoms with E-state index in [0.29, 0.717) is 6.42 Å². The molecule has 82 valence electrons. The van der Waals surface area contributed by atoms with E-state index in [1.54, 1.807) is 0 Å². The third kappa shape index (κ3) is 4.25. The third-order valence-corrected chi connectivity index (χ3v) is 2.08. The van der Waals surface area contributed by atoms with Crippen molar-refractivity contribution in [3.8, 4) is 0 Å². The van der Waals surface area contributed by atoms with Gasteiger partial charge in [-0.1, -0.05) is 19.8 Å². The molecule has 0 saturated heterocycles. The number of methoxy groups -OCH3 is 1. The fraction of sp³-hybridized carbons (Fsp3) is 0.700. The number of carbonyl (C=O) groups excluding carboxylic acids is 1. The molecule has 1 atom stereocenters. The highest BCUT2D eigenvalue weighted by Crippen LogP contribution is 2.24. The van der Waals surface area contributed by atoms with Crippen LogP contribution in [0.4, 0.5) is 4.39 Å². The van der Waals surface area contributed by atoms with Crippen LogP contribution in [0.3, 0.4) is 0 Å². The summed E-state index contributed by atoms with van der Waals surface area (Å²) in [5.41, 5.74) is 3.76. The molecular weight excluding hydrogens is 185 g/mol. The molecule has 0 aromatic rings. The fourth-order valence-corrected chi connectivity index (χ4v) is 0.989. The van der Waals surface area contributed by atoms with Gasteiger partial charge >= 0.3 is 5.97 Å². The number of nitrogens with two attached hydrogens (primary N) is 1. The van der Waals surface area contributed by atoms with Crippen LogP contribution < -0.4 is 5.73 Å². The summed E-state index contributed by atoms with van der Waals surface area (Å²) in [7, 11) is 1.23. The molecule has 0 saturated carbocycles. The SMILES string of the molecule is CCCCC(C)(F)C(N)=CC(=O)OC. The topological polar surface area (TPSA) is 52.3 Å². The molecule has 0 spiro atoms. The van der Waals surface area contributed by atoms with Crippen molar-refractivity contribution in [2.24, 2.45) is 5.73 Å². The number of rotatable bonds is 5. The second-order valence-electron chi connectivity index (χ2n) is 3.42. The van der Waals surface area contributed by atoms with Gasteiger partial charge in [0, 0.05) is 6.08 Å². The van der Waals surface area contributed by atoms with Gasteiger partial charge in [0.2, 0.25) is 0 Å². The van der Waals surface area contributed by atoms with E-state index in [2.05, 4.69) is 4.74 Å². The molecule has 0 aromatic carbocycles. The van der Waals surface area contributed by atoms with Crippen molar-refractivity contribution >= 4 is 5.97 Å². The predicted octanol–water partition coefficient (Wildman–Crippen LogP) is 1.92. The molecule has 3 nitrogen and oxygen atoms in total. The zero-order valence-corrected chi connectivity index (χ0v) is 8.97. The molecule has 0 amide bonds. The van der Waals surface area contributed by atoms with Crippen LogP contribution >= 0.6 is 0 Å². The first-order valence-electron chi connectivity index (χ1n) is 4.68. The summed E-state index contributed by atoms with van der Waals surface area (Å²) in [4.78, 5) is 10.8. The van der Waals surface area contributed by atoms with E-state index in [0.717, 1.165) is 18.9 Å². The fourth-order valence-electron chi connectivity index (χ4n) is 0.989. The quantitative estimate of drug-likeness (QED) is 0.548. The first-order chi connectivity index (χ1) is 6.44. The number of unbranched alkanes of at least 4 members (excludes halogenated alkanes) is 1. The van der Waals surface area contributed by atoms with Gasteiger partial charge in [-0.15, -0.1) is 0 Å². The minimum absolute atomic E-state index is 0.0715. The minimum Gasteiger partial charge on any atom is -0.466 e. The van der Waals surface area contributed by atoms with Crippen LogP contribution in [0, 0.1) is 0 Å². The molecule has 14 heavy (non-hydrogen) atoms. The molecule has 0 radical (unpaired) electrons. The average Bonchev–Trinajstić information content (AvgIpc) is 2.14. The molecule has 0 aliphatic rings. The zero-order chi connectivity index (χ0) is 11.2. The Morgan fingerprint density at radius 2 is 2.21 bits per heavy atom. The highest BCUT2D eigenvalue weighted by molar-refractivity contribution is 5.82. The summed E-state index contributed by atoms with van der Waals surface area (Å²) < 4.78 is 18.1. The smallest absolute Gasteiger partial charge is 0.332 e. The number of halogens is 1. The Kier molecular flexibility index (Phi) is 5.20. The molecule has 0 aliphatic heterocycles. The van der Waals surface area contributed by atoms with Gasteiger partial charge in [0.05, 0.1) is 12.8 Å². The highest BCUT2D eigenvalue weighted by Gasteiger charge is 2.26. The lowest BCUT2D eigenvalue weighted by molar-refractivity contribution is -0.135. The number of alkyl halides is 1. The molecule has 0 heterocycles. The van der Waals surface area contributed by atoms with E-state index in [9.17, 15) is 9.18 Å². The van der Waals surface area contributed by atoms with Crippen LogP contribution in [0.2, 0.25) is 0 Å². The zero-order valence-electron chi connectivity index (χ0n) is 8.97. The molecule has 4 heteroatoms. The van der Waals surface area contributed by atoms with Gasteiger partial charge in [0.1, 0.15) is 5.67 Å². The monoisotopic (exact) mass is 203 g/mol. The van der Waals surface area contributed by atoms with Gasteiger partial charge in [-0.05, 0) is 13.3 Å². The van der Waals surface area contributed by atoms with Gasteiger partial charge in [-0.3, -0.25) is 0 Å². The van der Waals surface area contributed by atoms with Crippen molar-refractivity contribution in [3.05, 3.63) is 11.8 Å². The van der Waals surface area contributed by atoms with E-state index in [-0.39, 0.29) is 5.70 Å². The van der Waals surface area contributed by atoms with Crippen molar-refractivity contribution in [2.45, 2.75) is 38.8 Å². The first-order valence-corrected chi connectivity index (χ1v) is 4.68. The Balaban J connectivity index is 4.40. The van der Waals surface area contributed by atoms with Crippen molar-refractivity contribution in [2.75, 3.05) is 7.11 Å². The Hall–Kier alpha value is -1.06. The Morgan fingerprint density at radius 3 is 2.64 bits per heavy atom. The molecule has 0 fully saturated rings. The third-order valence-electron chi connectivity index (χ3n) is 2.08. The van der Waals surface area contributed by atoms with Gasteiger partial charge < -0.3 is 10.5 Å². The van der Waals surface area contributed by atoms with Crippen LogP contribution in [0.1, 0.15) is 33.1 Å². The van der Waals surface area contributed by atoms with Crippen LogP contribution in [-0.4, -0.2) is 18.7 Å². The summed E-state index contributed by atoms with van der Waals surface area (Å²) in [5, 5.41) is 0. The standard InChI is InChI=1S/C10H18FNO2/c1-4-5-6-10(2,11)8(12)7-9(13)14-3/h7H,4-6,12H2,1-3H3. The summed E-state index contributed by atoms with van der Waals surface area (Å²) in [6.45, 7) is 3.34. The summed E-state index contributed by atoms with van der Waals surface area (Å²) >= 11 is 0. The van der Waals surface area contributed by atoms with E-state index >= 15 is 0 Å². The highest BCUT2D eigenvalue weighted by atomic mass is 19.1. The van der Waals surface area contributed by atoms with Crippen LogP contribution in [0.25, 0.3) is 0 Å². The maximum atomic E-state index is 13.8. The predicted molar refractivity (Wildman–Crippen MR) is 53.3 cm³/mol. The minimum atomic E-state index is -1.62. The number of hydrogen-bond acceptors (Lipinski definition) is 3. The van der Waals surface area contributed by atoms with Gasteiger partial charge in [-0.2, -0.15) is 0 Å². The van der Waals surface area contributed by atoms with Gasteiger partial charge in [-0.25, -0.2) is 9.18 Å². The Bertz CT molecular complexity index is 224. The second kappa shape index (κ2) is 5.62. The van der Waals surface area contributed by atoms with E-state index in [1.165, 1.54) is 14.0 Å². The summed E-state index contributed by atoms with van der Waals surface area (Å²) in [6, 6.07) is 0. The molecule has 0 bridgehead atoms. The maximum Gasteiger partial charge on any atom is 0.332 e. The van der Waals surface area contributed by atoms with Crippen molar-refractivity contribution in [1.29, 1.82) is 0 Å². The van der Waals surface area contributed by atoms with Crippen molar-refractivity contribution in [3.63, 3.8) is 0 Å². The normalized spacial score (nSPS) is 16.1. The lowest BCUT2D eigenvalue weighted by atomic mass is 9.97.